The lowest BCUT2D eigenvalue weighted by atomic mass is 9.97. The molecule has 1 unspecified atom stereocenters. The van der Waals surface area contributed by atoms with Gasteiger partial charge >= 0.3 is 0 Å². The van der Waals surface area contributed by atoms with Gasteiger partial charge in [-0.3, -0.25) is 4.90 Å². The van der Waals surface area contributed by atoms with Crippen LogP contribution >= 0.6 is 11.6 Å². The van der Waals surface area contributed by atoms with Crippen LogP contribution in [0.2, 0.25) is 5.15 Å². The van der Waals surface area contributed by atoms with E-state index >= 15 is 0 Å². The van der Waals surface area contributed by atoms with Gasteiger partial charge in [0.25, 0.3) is 0 Å². The molecule has 1 atom stereocenters. The zero-order valence-corrected chi connectivity index (χ0v) is 11.3. The smallest absolute Gasteiger partial charge is 0.151 e. The fourth-order valence-electron chi connectivity index (χ4n) is 2.60. The minimum Gasteiger partial charge on any atom is -0.395 e. The maximum Gasteiger partial charge on any atom is 0.151 e. The summed E-state index contributed by atoms with van der Waals surface area (Å²) in [4.78, 5) is 2.40. The van der Waals surface area contributed by atoms with Crippen LogP contribution in [0.25, 0.3) is 0 Å². The number of aliphatic hydroxyl groups is 1. The lowest BCUT2D eigenvalue weighted by Gasteiger charge is -2.35. The first-order chi connectivity index (χ1) is 8.79. The fraction of sp³-hybridized carbons (Fsp3) is 0.692. The van der Waals surface area contributed by atoms with Gasteiger partial charge in [-0.2, -0.15) is 5.10 Å². The van der Waals surface area contributed by atoms with E-state index in [4.69, 9.17) is 16.7 Å². The maximum atomic E-state index is 9.07. The monoisotopic (exact) mass is 269 g/mol. The Morgan fingerprint density at radius 3 is 2.94 bits per heavy atom. The van der Waals surface area contributed by atoms with Gasteiger partial charge in [0.15, 0.2) is 5.15 Å². The van der Waals surface area contributed by atoms with Crippen LogP contribution < -0.4 is 0 Å². The molecule has 1 N–H and O–H groups in total. The molecule has 100 valence electrons. The largest absolute Gasteiger partial charge is 0.395 e. The standard InChI is InChI=1S/C13H20ClN3O/c14-13-7-5-11(15-16-13)4-6-12-3-1-2-8-17(12)9-10-18/h5,7,12,18H,1-4,6,8-10H2. The molecule has 0 aliphatic carbocycles. The predicted octanol–water partition coefficient (Wildman–Crippen LogP) is 1.91. The van der Waals surface area contributed by atoms with Gasteiger partial charge in [0.2, 0.25) is 0 Å². The molecule has 1 saturated heterocycles. The lowest BCUT2D eigenvalue weighted by molar-refractivity contribution is 0.111. The average Bonchev–Trinajstić information content (AvgIpc) is 2.40. The molecular formula is C13H20ClN3O. The molecule has 0 spiro atoms. The van der Waals surface area contributed by atoms with Crippen LogP contribution in [-0.2, 0) is 6.42 Å². The summed E-state index contributed by atoms with van der Waals surface area (Å²) >= 11 is 5.72. The van der Waals surface area contributed by atoms with Crippen molar-refractivity contribution in [3.8, 4) is 0 Å². The summed E-state index contributed by atoms with van der Waals surface area (Å²) in [5, 5.41) is 17.5. The first-order valence-electron chi connectivity index (χ1n) is 6.62. The number of likely N-dealkylation sites (tertiary alicyclic amines) is 1. The van der Waals surface area contributed by atoms with E-state index in [1.807, 2.05) is 6.07 Å². The van der Waals surface area contributed by atoms with Gasteiger partial charge in [0.1, 0.15) is 0 Å². The molecular weight excluding hydrogens is 250 g/mol. The zero-order chi connectivity index (χ0) is 12.8. The van der Waals surface area contributed by atoms with Gasteiger partial charge in [0, 0.05) is 12.6 Å². The van der Waals surface area contributed by atoms with Crippen molar-refractivity contribution in [1.29, 1.82) is 0 Å². The molecule has 1 aromatic rings. The Bertz CT molecular complexity index is 356. The highest BCUT2D eigenvalue weighted by molar-refractivity contribution is 6.29. The van der Waals surface area contributed by atoms with E-state index < -0.39 is 0 Å². The third-order valence-electron chi connectivity index (χ3n) is 3.56. The molecule has 2 heterocycles. The molecule has 5 heteroatoms. The van der Waals surface area contributed by atoms with Crippen molar-refractivity contribution < 1.29 is 5.11 Å². The number of nitrogens with zero attached hydrogens (tertiary/aromatic N) is 3. The molecule has 0 amide bonds. The van der Waals surface area contributed by atoms with Crippen molar-refractivity contribution in [3.05, 3.63) is 23.0 Å². The SMILES string of the molecule is OCCN1CCCCC1CCc1ccc(Cl)nn1. The van der Waals surface area contributed by atoms with Gasteiger partial charge < -0.3 is 5.11 Å². The molecule has 1 aliphatic rings. The maximum absolute atomic E-state index is 9.07. The highest BCUT2D eigenvalue weighted by Gasteiger charge is 2.21. The summed E-state index contributed by atoms with van der Waals surface area (Å²) in [6.07, 6.45) is 5.77. The number of aryl methyl sites for hydroxylation is 1. The van der Waals surface area contributed by atoms with E-state index in [1.54, 1.807) is 6.07 Å². The molecule has 0 radical (unpaired) electrons. The second-order valence-corrected chi connectivity index (χ2v) is 5.18. The molecule has 0 bridgehead atoms. The Balaban J connectivity index is 1.85. The predicted molar refractivity (Wildman–Crippen MR) is 71.7 cm³/mol. The summed E-state index contributed by atoms with van der Waals surface area (Å²) in [5.74, 6) is 0. The second kappa shape index (κ2) is 7.02. The molecule has 1 aliphatic heterocycles. The summed E-state index contributed by atoms with van der Waals surface area (Å²) in [6.45, 7) is 2.14. The average molecular weight is 270 g/mol. The number of aromatic nitrogens is 2. The van der Waals surface area contributed by atoms with Crippen LogP contribution in [-0.4, -0.2) is 45.9 Å². The van der Waals surface area contributed by atoms with Gasteiger partial charge in [-0.15, -0.1) is 5.10 Å². The Morgan fingerprint density at radius 1 is 1.33 bits per heavy atom. The van der Waals surface area contributed by atoms with E-state index in [0.717, 1.165) is 31.6 Å². The van der Waals surface area contributed by atoms with Crippen LogP contribution in [0.5, 0.6) is 0 Å². The summed E-state index contributed by atoms with van der Waals surface area (Å²) < 4.78 is 0. The molecule has 1 aromatic heterocycles. The summed E-state index contributed by atoms with van der Waals surface area (Å²) in [5.41, 5.74) is 0.994. The van der Waals surface area contributed by atoms with Crippen LogP contribution in [0.4, 0.5) is 0 Å². The third kappa shape index (κ3) is 3.90. The number of hydrogen-bond donors (Lipinski definition) is 1. The minimum atomic E-state index is 0.247. The van der Waals surface area contributed by atoms with Crippen molar-refractivity contribution in [2.24, 2.45) is 0 Å². The number of halogens is 1. The van der Waals surface area contributed by atoms with E-state index in [1.165, 1.54) is 19.3 Å². The van der Waals surface area contributed by atoms with E-state index in [2.05, 4.69) is 15.1 Å². The zero-order valence-electron chi connectivity index (χ0n) is 10.6. The van der Waals surface area contributed by atoms with Crippen LogP contribution in [0.1, 0.15) is 31.4 Å². The minimum absolute atomic E-state index is 0.247. The Kier molecular flexibility index (Phi) is 5.35. The van der Waals surface area contributed by atoms with E-state index in [9.17, 15) is 0 Å². The number of piperidine rings is 1. The highest BCUT2D eigenvalue weighted by atomic mass is 35.5. The van der Waals surface area contributed by atoms with Gasteiger partial charge in [-0.25, -0.2) is 0 Å². The van der Waals surface area contributed by atoms with Gasteiger partial charge in [-0.05, 0) is 44.4 Å². The number of aliphatic hydroxyl groups excluding tert-OH is 1. The van der Waals surface area contributed by atoms with Crippen molar-refractivity contribution in [2.45, 2.75) is 38.1 Å². The number of hydrogen-bond acceptors (Lipinski definition) is 4. The Morgan fingerprint density at radius 2 is 2.22 bits per heavy atom. The lowest BCUT2D eigenvalue weighted by Crippen LogP contribution is -2.41. The number of rotatable bonds is 5. The quantitative estimate of drug-likeness (QED) is 0.887. The van der Waals surface area contributed by atoms with Crippen molar-refractivity contribution >= 4 is 11.6 Å². The van der Waals surface area contributed by atoms with Crippen molar-refractivity contribution in [1.82, 2.24) is 15.1 Å². The first kappa shape index (κ1) is 13.7. The van der Waals surface area contributed by atoms with Crippen molar-refractivity contribution in [3.63, 3.8) is 0 Å². The first-order valence-corrected chi connectivity index (χ1v) is 7.00. The molecule has 0 aromatic carbocycles. The van der Waals surface area contributed by atoms with E-state index in [0.29, 0.717) is 11.2 Å². The molecule has 2 rings (SSSR count). The van der Waals surface area contributed by atoms with Gasteiger partial charge in [-0.1, -0.05) is 18.0 Å². The van der Waals surface area contributed by atoms with Crippen LogP contribution in [0.15, 0.2) is 12.1 Å². The highest BCUT2D eigenvalue weighted by Crippen LogP contribution is 2.20. The topological polar surface area (TPSA) is 49.2 Å². The van der Waals surface area contributed by atoms with Gasteiger partial charge in [0.05, 0.1) is 12.3 Å². The van der Waals surface area contributed by atoms with Crippen LogP contribution in [0, 0.1) is 0 Å². The summed E-state index contributed by atoms with van der Waals surface area (Å²) in [7, 11) is 0. The fourth-order valence-corrected chi connectivity index (χ4v) is 2.70. The molecule has 4 nitrogen and oxygen atoms in total. The normalized spacial score (nSPS) is 21.1. The molecule has 18 heavy (non-hydrogen) atoms. The Labute approximate surface area is 113 Å². The van der Waals surface area contributed by atoms with E-state index in [-0.39, 0.29) is 6.61 Å². The molecule has 1 fully saturated rings. The Hall–Kier alpha value is -0.710. The second-order valence-electron chi connectivity index (χ2n) is 4.80. The van der Waals surface area contributed by atoms with Crippen LogP contribution in [0.3, 0.4) is 0 Å². The number of β-amino-alcohol motifs (C(OH)–C–C–N with tert-alkyl or cyclic N) is 1. The van der Waals surface area contributed by atoms with Crippen molar-refractivity contribution in [2.75, 3.05) is 19.7 Å². The molecule has 0 saturated carbocycles. The third-order valence-corrected chi connectivity index (χ3v) is 3.76. The summed E-state index contributed by atoms with van der Waals surface area (Å²) in [6, 6.07) is 4.30.